The molecule has 0 saturated heterocycles. The van der Waals surface area contributed by atoms with E-state index in [0.717, 1.165) is 5.56 Å². The number of benzene rings is 2. The van der Waals surface area contributed by atoms with Crippen molar-refractivity contribution in [3.05, 3.63) is 65.8 Å². The maximum Gasteiger partial charge on any atom is 0.242 e. The van der Waals surface area contributed by atoms with Crippen LogP contribution < -0.4 is 4.72 Å². The predicted molar refractivity (Wildman–Crippen MR) is 84.9 cm³/mol. The summed E-state index contributed by atoms with van der Waals surface area (Å²) in [5, 5.41) is 3.76. The Bertz CT molecular complexity index is 953. The monoisotopic (exact) mass is 347 g/mol. The first-order valence-electron chi connectivity index (χ1n) is 7.09. The minimum atomic E-state index is -3.67. The fraction of sp³-hybridized carbons (Fsp3) is 0.125. The van der Waals surface area contributed by atoms with Gasteiger partial charge in [-0.25, -0.2) is 17.5 Å². The molecule has 0 saturated carbocycles. The smallest absolute Gasteiger partial charge is 0.242 e. The number of rotatable bonds is 5. The Morgan fingerprint density at radius 3 is 2.62 bits per heavy atom. The van der Waals surface area contributed by atoms with E-state index in [0.29, 0.717) is 5.56 Å². The second-order valence-electron chi connectivity index (χ2n) is 5.16. The number of sulfonamides is 1. The summed E-state index contributed by atoms with van der Waals surface area (Å²) in [7, 11) is -3.67. The highest BCUT2D eigenvalue weighted by molar-refractivity contribution is 7.89. The van der Waals surface area contributed by atoms with E-state index in [1.54, 1.807) is 12.1 Å². The molecule has 6 nitrogen and oxygen atoms in total. The summed E-state index contributed by atoms with van der Waals surface area (Å²) in [5.74, 6) is 0.0127. The van der Waals surface area contributed by atoms with Crippen LogP contribution in [0.2, 0.25) is 0 Å². The van der Waals surface area contributed by atoms with Crippen molar-refractivity contribution in [3.63, 3.8) is 0 Å². The van der Waals surface area contributed by atoms with Crippen LogP contribution in [-0.4, -0.2) is 18.6 Å². The molecule has 3 rings (SSSR count). The third-order valence-corrected chi connectivity index (χ3v) is 4.68. The number of halogens is 1. The van der Waals surface area contributed by atoms with Gasteiger partial charge in [-0.1, -0.05) is 17.3 Å². The molecule has 0 spiro atoms. The zero-order valence-corrected chi connectivity index (χ0v) is 13.5. The summed E-state index contributed by atoms with van der Waals surface area (Å²) >= 11 is 0. The summed E-state index contributed by atoms with van der Waals surface area (Å²) in [4.78, 5) is 4.26. The van der Waals surface area contributed by atoms with Gasteiger partial charge in [-0.3, -0.25) is 0 Å². The summed E-state index contributed by atoms with van der Waals surface area (Å²) < 4.78 is 44.8. The van der Waals surface area contributed by atoms with Gasteiger partial charge >= 0.3 is 0 Å². The molecular weight excluding hydrogens is 333 g/mol. The van der Waals surface area contributed by atoms with Crippen molar-refractivity contribution in [2.75, 3.05) is 0 Å². The van der Waals surface area contributed by atoms with Crippen LogP contribution in [0.4, 0.5) is 4.39 Å². The minimum absolute atomic E-state index is 0.116. The van der Waals surface area contributed by atoms with Crippen molar-refractivity contribution in [1.82, 2.24) is 14.9 Å². The van der Waals surface area contributed by atoms with Gasteiger partial charge in [0.1, 0.15) is 5.82 Å². The molecule has 1 heterocycles. The lowest BCUT2D eigenvalue weighted by Crippen LogP contribution is -2.23. The quantitative estimate of drug-likeness (QED) is 0.767. The van der Waals surface area contributed by atoms with Crippen LogP contribution in [0.1, 0.15) is 11.5 Å². The zero-order valence-electron chi connectivity index (χ0n) is 12.7. The van der Waals surface area contributed by atoms with Crippen molar-refractivity contribution in [3.8, 4) is 11.4 Å². The van der Waals surface area contributed by atoms with Crippen LogP contribution in [0.25, 0.3) is 11.4 Å². The molecule has 3 aromatic rings. The molecule has 0 aliphatic rings. The molecule has 0 unspecified atom stereocenters. The largest absolute Gasteiger partial charge is 0.338 e. The van der Waals surface area contributed by atoms with Crippen LogP contribution in [-0.2, 0) is 16.6 Å². The van der Waals surface area contributed by atoms with Crippen LogP contribution in [0, 0.1) is 12.7 Å². The lowest BCUT2D eigenvalue weighted by atomic mass is 10.2. The normalized spacial score (nSPS) is 11.6. The SMILES string of the molecule is Cc1cccc(S(=O)(=O)NCc2nc(-c3ccc(F)cc3)no2)c1. The van der Waals surface area contributed by atoms with E-state index < -0.39 is 10.0 Å². The molecular formula is C16H14FN3O3S. The molecule has 0 radical (unpaired) electrons. The number of nitrogens with zero attached hydrogens (tertiary/aromatic N) is 2. The van der Waals surface area contributed by atoms with E-state index in [9.17, 15) is 12.8 Å². The van der Waals surface area contributed by atoms with Crippen molar-refractivity contribution in [2.24, 2.45) is 0 Å². The van der Waals surface area contributed by atoms with Gasteiger partial charge in [-0.15, -0.1) is 0 Å². The molecule has 0 aliphatic carbocycles. The van der Waals surface area contributed by atoms with Crippen molar-refractivity contribution >= 4 is 10.0 Å². The van der Waals surface area contributed by atoms with Crippen LogP contribution in [0.3, 0.4) is 0 Å². The summed E-state index contributed by atoms with van der Waals surface area (Å²) in [5.41, 5.74) is 1.42. The molecule has 2 aromatic carbocycles. The van der Waals surface area contributed by atoms with Crippen LogP contribution >= 0.6 is 0 Å². The third kappa shape index (κ3) is 3.66. The second-order valence-corrected chi connectivity index (χ2v) is 6.93. The Balaban J connectivity index is 1.72. The number of hydrogen-bond acceptors (Lipinski definition) is 5. The van der Waals surface area contributed by atoms with Gasteiger partial charge in [0.2, 0.25) is 21.7 Å². The summed E-state index contributed by atoms with van der Waals surface area (Å²) in [6.07, 6.45) is 0. The first-order valence-corrected chi connectivity index (χ1v) is 8.57. The van der Waals surface area contributed by atoms with E-state index in [4.69, 9.17) is 4.52 Å². The minimum Gasteiger partial charge on any atom is -0.338 e. The average molecular weight is 347 g/mol. The first kappa shape index (κ1) is 16.3. The fourth-order valence-electron chi connectivity index (χ4n) is 2.07. The maximum atomic E-state index is 12.9. The first-order chi connectivity index (χ1) is 11.4. The number of aromatic nitrogens is 2. The number of nitrogens with one attached hydrogen (secondary N) is 1. The molecule has 0 amide bonds. The van der Waals surface area contributed by atoms with E-state index in [2.05, 4.69) is 14.9 Å². The fourth-order valence-corrected chi connectivity index (χ4v) is 3.14. The highest BCUT2D eigenvalue weighted by atomic mass is 32.2. The van der Waals surface area contributed by atoms with Crippen molar-refractivity contribution < 1.29 is 17.3 Å². The van der Waals surface area contributed by atoms with Crippen LogP contribution in [0.5, 0.6) is 0 Å². The second kappa shape index (κ2) is 6.50. The summed E-state index contributed by atoms with van der Waals surface area (Å²) in [6, 6.07) is 12.2. The standard InChI is InChI=1S/C16H14FN3O3S/c1-11-3-2-4-14(9-11)24(21,22)18-10-15-19-16(20-23-15)12-5-7-13(17)8-6-12/h2-9,18H,10H2,1H3. The molecule has 0 aliphatic heterocycles. The summed E-state index contributed by atoms with van der Waals surface area (Å²) in [6.45, 7) is 1.68. The van der Waals surface area contributed by atoms with Gasteiger partial charge in [-0.05, 0) is 48.9 Å². The molecule has 0 atom stereocenters. The molecule has 124 valence electrons. The predicted octanol–water partition coefficient (Wildman–Crippen LogP) is 2.66. The Kier molecular flexibility index (Phi) is 4.41. The molecule has 24 heavy (non-hydrogen) atoms. The van der Waals surface area contributed by atoms with Gasteiger partial charge in [-0.2, -0.15) is 4.98 Å². The van der Waals surface area contributed by atoms with E-state index in [1.807, 2.05) is 13.0 Å². The van der Waals surface area contributed by atoms with E-state index in [1.165, 1.54) is 30.3 Å². The maximum absolute atomic E-state index is 12.9. The topological polar surface area (TPSA) is 85.1 Å². The van der Waals surface area contributed by atoms with Gasteiger partial charge in [0.15, 0.2) is 0 Å². The highest BCUT2D eigenvalue weighted by Gasteiger charge is 2.16. The van der Waals surface area contributed by atoms with E-state index >= 15 is 0 Å². The number of aryl methyl sites for hydroxylation is 1. The van der Waals surface area contributed by atoms with Gasteiger partial charge in [0, 0.05) is 5.56 Å². The average Bonchev–Trinajstić information content (AvgIpc) is 3.03. The molecule has 1 N–H and O–H groups in total. The molecule has 1 aromatic heterocycles. The lowest BCUT2D eigenvalue weighted by Gasteiger charge is -2.05. The highest BCUT2D eigenvalue weighted by Crippen LogP contribution is 2.16. The third-order valence-electron chi connectivity index (χ3n) is 3.28. The van der Waals surface area contributed by atoms with Gasteiger partial charge in [0.25, 0.3) is 0 Å². The Labute approximate surface area is 138 Å². The Morgan fingerprint density at radius 2 is 1.92 bits per heavy atom. The zero-order chi connectivity index (χ0) is 17.2. The van der Waals surface area contributed by atoms with E-state index in [-0.39, 0.29) is 29.0 Å². The molecule has 8 heteroatoms. The Morgan fingerprint density at radius 1 is 1.17 bits per heavy atom. The van der Waals surface area contributed by atoms with Gasteiger partial charge in [0.05, 0.1) is 11.4 Å². The molecule has 0 bridgehead atoms. The number of hydrogen-bond donors (Lipinski definition) is 1. The lowest BCUT2D eigenvalue weighted by molar-refractivity contribution is 0.376. The van der Waals surface area contributed by atoms with Crippen molar-refractivity contribution in [1.29, 1.82) is 0 Å². The van der Waals surface area contributed by atoms with Gasteiger partial charge < -0.3 is 4.52 Å². The van der Waals surface area contributed by atoms with Crippen molar-refractivity contribution in [2.45, 2.75) is 18.4 Å². The Hall–Kier alpha value is -2.58. The molecule has 0 fully saturated rings. The van der Waals surface area contributed by atoms with Crippen LogP contribution in [0.15, 0.2) is 57.9 Å².